The molecule has 0 saturated carbocycles. The lowest BCUT2D eigenvalue weighted by Crippen LogP contribution is -2.01. The van der Waals surface area contributed by atoms with Gasteiger partial charge in [-0.3, -0.25) is 9.38 Å². The highest BCUT2D eigenvalue weighted by Crippen LogP contribution is 2.32. The maximum Gasteiger partial charge on any atom is 0.145 e. The first kappa shape index (κ1) is 16.5. The summed E-state index contributed by atoms with van der Waals surface area (Å²) >= 11 is 0. The fraction of sp³-hybridized carbons (Fsp3) is 0.250. The van der Waals surface area contributed by atoms with E-state index in [1.807, 2.05) is 51.6 Å². The normalized spacial score (nSPS) is 12.6. The van der Waals surface area contributed by atoms with Crippen LogP contribution in [-0.2, 0) is 0 Å². The summed E-state index contributed by atoms with van der Waals surface area (Å²) in [6.45, 7) is 3.98. The van der Waals surface area contributed by atoms with Gasteiger partial charge in [0, 0.05) is 54.4 Å². The Morgan fingerprint density at radius 2 is 1.96 bits per heavy atom. The molecular weight excluding hydrogens is 326 g/mol. The van der Waals surface area contributed by atoms with Gasteiger partial charge in [-0.2, -0.15) is 0 Å². The molecule has 0 aliphatic carbocycles. The third kappa shape index (κ3) is 2.59. The smallest absolute Gasteiger partial charge is 0.145 e. The Bertz CT molecular complexity index is 1100. The summed E-state index contributed by atoms with van der Waals surface area (Å²) in [7, 11) is 1.86. The number of aliphatic hydroxyl groups is 1. The minimum Gasteiger partial charge on any atom is -0.387 e. The number of pyridine rings is 3. The van der Waals surface area contributed by atoms with Crippen LogP contribution in [0.5, 0.6) is 0 Å². The van der Waals surface area contributed by atoms with Crippen LogP contribution in [0, 0.1) is 6.92 Å². The van der Waals surface area contributed by atoms with Gasteiger partial charge in [0.2, 0.25) is 0 Å². The van der Waals surface area contributed by atoms with E-state index >= 15 is 0 Å². The van der Waals surface area contributed by atoms with Crippen molar-refractivity contribution in [3.8, 4) is 11.1 Å². The lowest BCUT2D eigenvalue weighted by atomic mass is 10.0. The van der Waals surface area contributed by atoms with Crippen LogP contribution < -0.4 is 5.32 Å². The number of imidazole rings is 1. The topological polar surface area (TPSA) is 75.3 Å². The third-order valence-electron chi connectivity index (χ3n) is 4.76. The molecule has 0 bridgehead atoms. The highest BCUT2D eigenvalue weighted by Gasteiger charge is 2.15. The molecule has 0 spiro atoms. The van der Waals surface area contributed by atoms with E-state index < -0.39 is 6.10 Å². The molecule has 26 heavy (non-hydrogen) atoms. The minimum absolute atomic E-state index is 0.532. The van der Waals surface area contributed by atoms with Gasteiger partial charge in [-0.15, -0.1) is 0 Å². The van der Waals surface area contributed by atoms with Crippen molar-refractivity contribution in [1.29, 1.82) is 0 Å². The van der Waals surface area contributed by atoms with E-state index in [0.29, 0.717) is 12.1 Å². The number of nitrogens with one attached hydrogen (secondary N) is 1. The summed E-state index contributed by atoms with van der Waals surface area (Å²) in [5, 5.41) is 14.2. The lowest BCUT2D eigenvalue weighted by Gasteiger charge is -2.13. The van der Waals surface area contributed by atoms with Gasteiger partial charge in [0.1, 0.15) is 11.5 Å². The summed E-state index contributed by atoms with van der Waals surface area (Å²) in [5.74, 6) is 0.816. The molecule has 0 radical (unpaired) electrons. The number of aliphatic hydroxyl groups excluding tert-OH is 1. The predicted octanol–water partition coefficient (Wildman–Crippen LogP) is 3.74. The fourth-order valence-electron chi connectivity index (χ4n) is 3.28. The van der Waals surface area contributed by atoms with Gasteiger partial charge in [0.25, 0.3) is 0 Å². The van der Waals surface area contributed by atoms with Gasteiger partial charge < -0.3 is 10.4 Å². The first-order chi connectivity index (χ1) is 12.6. The van der Waals surface area contributed by atoms with E-state index in [4.69, 9.17) is 0 Å². The van der Waals surface area contributed by atoms with Crippen molar-refractivity contribution in [2.45, 2.75) is 26.4 Å². The quantitative estimate of drug-likeness (QED) is 0.588. The molecule has 1 unspecified atom stereocenters. The lowest BCUT2D eigenvalue weighted by molar-refractivity contribution is 0.169. The molecule has 2 N–H and O–H groups in total. The van der Waals surface area contributed by atoms with Crippen molar-refractivity contribution in [2.75, 3.05) is 12.4 Å². The van der Waals surface area contributed by atoms with Gasteiger partial charge in [0.15, 0.2) is 0 Å². The van der Waals surface area contributed by atoms with Gasteiger partial charge in [-0.1, -0.05) is 6.92 Å². The Morgan fingerprint density at radius 1 is 1.12 bits per heavy atom. The molecule has 1 atom stereocenters. The Hall–Kier alpha value is -2.99. The van der Waals surface area contributed by atoms with Crippen molar-refractivity contribution < 1.29 is 5.11 Å². The second-order valence-electron chi connectivity index (χ2n) is 6.41. The molecule has 4 rings (SSSR count). The second-order valence-corrected chi connectivity index (χ2v) is 6.41. The molecule has 6 nitrogen and oxygen atoms in total. The van der Waals surface area contributed by atoms with Crippen molar-refractivity contribution in [1.82, 2.24) is 19.4 Å². The van der Waals surface area contributed by atoms with Gasteiger partial charge in [-0.25, -0.2) is 9.97 Å². The molecule has 0 aliphatic rings. The van der Waals surface area contributed by atoms with Crippen LogP contribution in [0.2, 0.25) is 0 Å². The molecule has 0 amide bonds. The number of nitrogens with zero attached hydrogens (tertiary/aromatic N) is 4. The summed E-state index contributed by atoms with van der Waals surface area (Å²) < 4.78 is 2.07. The molecule has 4 heterocycles. The zero-order chi connectivity index (χ0) is 18.3. The largest absolute Gasteiger partial charge is 0.387 e. The number of hydrogen-bond donors (Lipinski definition) is 2. The molecule has 132 valence electrons. The number of anilines is 1. The molecule has 0 saturated heterocycles. The maximum absolute atomic E-state index is 10.1. The number of aryl methyl sites for hydroxylation is 1. The Morgan fingerprint density at radius 3 is 2.69 bits per heavy atom. The van der Waals surface area contributed by atoms with E-state index in [1.54, 1.807) is 6.20 Å². The molecule has 0 fully saturated rings. The zero-order valence-corrected chi connectivity index (χ0v) is 15.1. The van der Waals surface area contributed by atoms with E-state index in [2.05, 4.69) is 30.7 Å². The van der Waals surface area contributed by atoms with Crippen LogP contribution in [0.4, 0.5) is 5.82 Å². The zero-order valence-electron chi connectivity index (χ0n) is 15.1. The Balaban J connectivity index is 1.95. The SMILES string of the molecule is CCC(O)c1cc(C)c(-c2cc3cnc(NC)cc3n3ccnc23)cn1. The van der Waals surface area contributed by atoms with E-state index in [0.717, 1.165) is 39.1 Å². The van der Waals surface area contributed by atoms with Crippen LogP contribution in [-0.4, -0.2) is 31.5 Å². The average molecular weight is 347 g/mol. The first-order valence-electron chi connectivity index (χ1n) is 8.71. The van der Waals surface area contributed by atoms with E-state index in [-0.39, 0.29) is 0 Å². The average Bonchev–Trinajstić information content (AvgIpc) is 3.16. The summed E-state index contributed by atoms with van der Waals surface area (Å²) in [6.07, 6.45) is 7.56. The van der Waals surface area contributed by atoms with Gasteiger partial charge >= 0.3 is 0 Å². The van der Waals surface area contributed by atoms with Crippen molar-refractivity contribution in [2.24, 2.45) is 0 Å². The molecule has 6 heteroatoms. The molecule has 0 aromatic carbocycles. The van der Waals surface area contributed by atoms with Crippen LogP contribution in [0.15, 0.2) is 43.0 Å². The van der Waals surface area contributed by atoms with Crippen molar-refractivity contribution in [3.63, 3.8) is 0 Å². The maximum atomic E-state index is 10.1. The van der Waals surface area contributed by atoms with Crippen molar-refractivity contribution >= 4 is 22.4 Å². The van der Waals surface area contributed by atoms with Crippen LogP contribution >= 0.6 is 0 Å². The highest BCUT2D eigenvalue weighted by atomic mass is 16.3. The first-order valence-corrected chi connectivity index (χ1v) is 8.71. The van der Waals surface area contributed by atoms with Gasteiger partial charge in [-0.05, 0) is 31.0 Å². The predicted molar refractivity (Wildman–Crippen MR) is 103 cm³/mol. The van der Waals surface area contributed by atoms with Gasteiger partial charge in [0.05, 0.1) is 17.3 Å². The standard InChI is InChI=1S/C20H21N5O/c1-4-18(26)16-7-12(2)15(11-23-16)14-8-13-10-24-19(21-3)9-17(13)25-6-5-22-20(14)25/h5-11,18,26H,4H2,1-3H3,(H,21,24). The van der Waals surface area contributed by atoms with E-state index in [9.17, 15) is 5.11 Å². The second kappa shape index (κ2) is 6.38. The summed E-state index contributed by atoms with van der Waals surface area (Å²) in [5.41, 5.74) is 5.70. The monoisotopic (exact) mass is 347 g/mol. The third-order valence-corrected chi connectivity index (χ3v) is 4.76. The Kier molecular flexibility index (Phi) is 4.05. The Labute approximate surface area is 151 Å². The van der Waals surface area contributed by atoms with Crippen LogP contribution in [0.1, 0.15) is 30.7 Å². The molecular formula is C20H21N5O. The fourth-order valence-corrected chi connectivity index (χ4v) is 3.28. The molecule has 0 aliphatic heterocycles. The summed E-state index contributed by atoms with van der Waals surface area (Å²) in [4.78, 5) is 13.5. The highest BCUT2D eigenvalue weighted by molar-refractivity contribution is 5.92. The van der Waals surface area contributed by atoms with Crippen LogP contribution in [0.3, 0.4) is 0 Å². The van der Waals surface area contributed by atoms with Crippen LogP contribution in [0.25, 0.3) is 27.7 Å². The molecule has 4 aromatic heterocycles. The number of fused-ring (bicyclic) bond motifs is 3. The summed E-state index contributed by atoms with van der Waals surface area (Å²) in [6, 6.07) is 6.07. The number of rotatable bonds is 4. The molecule has 4 aromatic rings. The minimum atomic E-state index is -0.532. The number of aromatic nitrogens is 4. The number of hydrogen-bond acceptors (Lipinski definition) is 5. The van der Waals surface area contributed by atoms with Crippen molar-refractivity contribution in [3.05, 3.63) is 54.2 Å². The van der Waals surface area contributed by atoms with E-state index in [1.165, 1.54) is 0 Å².